The van der Waals surface area contributed by atoms with Gasteiger partial charge in [-0.15, -0.1) is 0 Å². The molecule has 1 heterocycles. The summed E-state index contributed by atoms with van der Waals surface area (Å²) >= 11 is 0. The quantitative estimate of drug-likeness (QED) is 0.360. The summed E-state index contributed by atoms with van der Waals surface area (Å²) in [4.78, 5) is 2.09. The van der Waals surface area contributed by atoms with Gasteiger partial charge < -0.3 is 14.7 Å². The van der Waals surface area contributed by atoms with Crippen LogP contribution in [0.25, 0.3) is 0 Å². The van der Waals surface area contributed by atoms with Gasteiger partial charge in [0.15, 0.2) is 5.69 Å². The van der Waals surface area contributed by atoms with Crippen LogP contribution in [-0.4, -0.2) is 36.6 Å². The molecule has 5 heteroatoms. The van der Waals surface area contributed by atoms with Gasteiger partial charge in [0.2, 0.25) is 0 Å². The van der Waals surface area contributed by atoms with Crippen LogP contribution in [0.5, 0.6) is 5.75 Å². The van der Waals surface area contributed by atoms with Crippen molar-refractivity contribution in [3.05, 3.63) is 18.2 Å². The molecular weight excluding hydrogens is 196 g/mol. The average Bonchev–Trinajstić information content (AvgIpc) is 2.30. The molecule has 5 nitrogen and oxygen atoms in total. The molecule has 15 heavy (non-hydrogen) atoms. The van der Waals surface area contributed by atoms with Crippen LogP contribution in [-0.2, 0) is 4.74 Å². The number of rotatable bonds is 2. The molecule has 1 saturated heterocycles. The number of benzene rings is 1. The first-order valence-electron chi connectivity index (χ1n) is 4.94. The molecule has 1 aliphatic heterocycles. The first-order chi connectivity index (χ1) is 7.31. The number of hydrogen-bond acceptors (Lipinski definition) is 4. The Morgan fingerprint density at radius 1 is 1.27 bits per heavy atom. The van der Waals surface area contributed by atoms with E-state index in [1.807, 2.05) is 0 Å². The molecule has 0 radical (unpaired) electrons. The van der Waals surface area contributed by atoms with Crippen molar-refractivity contribution in [2.45, 2.75) is 0 Å². The number of nitrogens with zero attached hydrogens (tertiary/aromatic N) is 1. The zero-order valence-corrected chi connectivity index (χ0v) is 8.39. The van der Waals surface area contributed by atoms with Crippen LogP contribution in [0.1, 0.15) is 0 Å². The summed E-state index contributed by atoms with van der Waals surface area (Å²) < 4.78 is 5.25. The predicted octanol–water partition coefficient (Wildman–Crippen LogP) is -0.187. The number of anilines is 1. The number of ether oxygens (including phenoxy) is 1. The molecule has 1 fully saturated rings. The van der Waals surface area contributed by atoms with Crippen molar-refractivity contribution in [3.63, 3.8) is 0 Å². The summed E-state index contributed by atoms with van der Waals surface area (Å²) in [5, 5.41) is 18.5. The minimum absolute atomic E-state index is 0.210. The lowest BCUT2D eigenvalue weighted by molar-refractivity contribution is -0.825. The number of hydrogen-bond donors (Lipinski definition) is 3. The monoisotopic (exact) mass is 211 g/mol. The Kier molecular flexibility index (Phi) is 3.05. The fraction of sp³-hybridized carbons (Fsp3) is 0.400. The van der Waals surface area contributed by atoms with Gasteiger partial charge in [-0.25, -0.2) is 5.21 Å². The summed E-state index contributed by atoms with van der Waals surface area (Å²) in [6, 6.07) is 4.92. The Morgan fingerprint density at radius 2 is 2.00 bits per heavy atom. The molecule has 4 N–H and O–H groups in total. The van der Waals surface area contributed by atoms with E-state index in [2.05, 4.69) is 4.90 Å². The molecule has 2 rings (SSSR count). The zero-order valence-electron chi connectivity index (χ0n) is 8.39. The van der Waals surface area contributed by atoms with Gasteiger partial charge in [0.1, 0.15) is 11.4 Å². The Bertz CT molecular complexity index is 337. The lowest BCUT2D eigenvalue weighted by atomic mass is 10.2. The molecule has 0 spiro atoms. The van der Waals surface area contributed by atoms with E-state index in [1.165, 1.54) is 0 Å². The summed E-state index contributed by atoms with van der Waals surface area (Å²) in [5.74, 6) is 0.210. The lowest BCUT2D eigenvalue weighted by Gasteiger charge is -2.28. The van der Waals surface area contributed by atoms with Gasteiger partial charge in [-0.2, -0.15) is 5.48 Å². The normalized spacial score (nSPS) is 16.7. The molecule has 0 saturated carbocycles. The molecule has 0 aliphatic carbocycles. The highest BCUT2D eigenvalue weighted by Crippen LogP contribution is 2.27. The summed E-state index contributed by atoms with van der Waals surface area (Å²) in [7, 11) is 0. The standard InChI is InChI=1S/C10H14N2O3/c13-8-1-2-9(11-14)10(7-8)12-3-5-15-6-4-12/h1-2,7,11,13-14H,3-6H2/p+1. The van der Waals surface area contributed by atoms with Crippen LogP contribution >= 0.6 is 0 Å². The first kappa shape index (κ1) is 10.2. The number of nitrogens with two attached hydrogens (primary N) is 1. The van der Waals surface area contributed by atoms with Gasteiger partial charge in [-0.3, -0.25) is 0 Å². The topological polar surface area (TPSA) is 69.5 Å². The van der Waals surface area contributed by atoms with E-state index in [0.717, 1.165) is 29.9 Å². The van der Waals surface area contributed by atoms with Crippen LogP contribution in [0, 0.1) is 0 Å². The third-order valence-corrected chi connectivity index (χ3v) is 2.50. The molecular formula is C10H15N2O3+. The number of morpholine rings is 1. The summed E-state index contributed by atoms with van der Waals surface area (Å²) in [6.45, 7) is 2.93. The van der Waals surface area contributed by atoms with Crippen molar-refractivity contribution in [2.75, 3.05) is 31.2 Å². The SMILES string of the molecule is O[NH2+]c1ccc(O)cc1N1CCOCC1. The van der Waals surface area contributed by atoms with Gasteiger partial charge in [0, 0.05) is 25.2 Å². The van der Waals surface area contributed by atoms with Crippen molar-refractivity contribution >= 4 is 11.4 Å². The molecule has 0 unspecified atom stereocenters. The highest BCUT2D eigenvalue weighted by Gasteiger charge is 2.17. The fourth-order valence-corrected chi connectivity index (χ4v) is 1.72. The number of aromatic hydroxyl groups is 1. The highest BCUT2D eigenvalue weighted by molar-refractivity contribution is 5.65. The maximum absolute atomic E-state index is 9.41. The largest absolute Gasteiger partial charge is 0.508 e. The van der Waals surface area contributed by atoms with Crippen LogP contribution in [0.2, 0.25) is 0 Å². The molecule has 1 aliphatic rings. The van der Waals surface area contributed by atoms with E-state index >= 15 is 0 Å². The second kappa shape index (κ2) is 4.48. The van der Waals surface area contributed by atoms with E-state index in [9.17, 15) is 5.11 Å². The molecule has 0 amide bonds. The molecule has 82 valence electrons. The van der Waals surface area contributed by atoms with Gasteiger partial charge in [0.25, 0.3) is 0 Å². The van der Waals surface area contributed by atoms with Gasteiger partial charge in [-0.05, 0) is 6.07 Å². The van der Waals surface area contributed by atoms with Crippen molar-refractivity contribution in [1.82, 2.24) is 0 Å². The minimum atomic E-state index is 0.210. The predicted molar refractivity (Wildman–Crippen MR) is 54.5 cm³/mol. The Balaban J connectivity index is 2.27. The van der Waals surface area contributed by atoms with E-state index in [-0.39, 0.29) is 5.75 Å². The molecule has 0 bridgehead atoms. The van der Waals surface area contributed by atoms with Gasteiger partial charge in [-0.1, -0.05) is 0 Å². The smallest absolute Gasteiger partial charge is 0.185 e. The maximum atomic E-state index is 9.41. The van der Waals surface area contributed by atoms with Crippen molar-refractivity contribution in [1.29, 1.82) is 0 Å². The van der Waals surface area contributed by atoms with E-state index in [0.29, 0.717) is 13.2 Å². The summed E-state index contributed by atoms with van der Waals surface area (Å²) in [6.07, 6.45) is 0. The van der Waals surface area contributed by atoms with Crippen LogP contribution < -0.4 is 10.4 Å². The third kappa shape index (κ3) is 2.20. The summed E-state index contributed by atoms with van der Waals surface area (Å²) in [5.41, 5.74) is 2.63. The molecule has 1 aromatic carbocycles. The van der Waals surface area contributed by atoms with E-state index in [4.69, 9.17) is 9.94 Å². The fourth-order valence-electron chi connectivity index (χ4n) is 1.72. The second-order valence-electron chi connectivity index (χ2n) is 3.47. The third-order valence-electron chi connectivity index (χ3n) is 2.50. The molecule has 0 aromatic heterocycles. The van der Waals surface area contributed by atoms with Crippen molar-refractivity contribution in [3.8, 4) is 5.75 Å². The highest BCUT2D eigenvalue weighted by atomic mass is 16.5. The van der Waals surface area contributed by atoms with Crippen LogP contribution in [0.3, 0.4) is 0 Å². The van der Waals surface area contributed by atoms with Crippen LogP contribution in [0.15, 0.2) is 18.2 Å². The van der Waals surface area contributed by atoms with E-state index < -0.39 is 0 Å². The average molecular weight is 211 g/mol. The lowest BCUT2D eigenvalue weighted by Crippen LogP contribution is -2.74. The Labute approximate surface area is 87.9 Å². The second-order valence-corrected chi connectivity index (χ2v) is 3.47. The van der Waals surface area contributed by atoms with Gasteiger partial charge in [0.05, 0.1) is 13.2 Å². The zero-order chi connectivity index (χ0) is 10.7. The minimum Gasteiger partial charge on any atom is -0.508 e. The van der Waals surface area contributed by atoms with Crippen molar-refractivity contribution in [2.24, 2.45) is 0 Å². The van der Waals surface area contributed by atoms with E-state index in [1.54, 1.807) is 18.2 Å². The number of phenolic OH excluding ortho intramolecular Hbond substituents is 1. The van der Waals surface area contributed by atoms with Crippen LogP contribution in [0.4, 0.5) is 11.4 Å². The molecule has 1 aromatic rings. The maximum Gasteiger partial charge on any atom is 0.185 e. The first-order valence-corrected chi connectivity index (χ1v) is 4.94. The number of phenols is 1. The number of quaternary nitrogens is 1. The Hall–Kier alpha value is -1.30. The van der Waals surface area contributed by atoms with Crippen molar-refractivity contribution < 1.29 is 20.5 Å². The van der Waals surface area contributed by atoms with Gasteiger partial charge >= 0.3 is 0 Å². The Morgan fingerprint density at radius 3 is 2.67 bits per heavy atom. The molecule has 0 atom stereocenters.